The first-order valence-electron chi connectivity index (χ1n) is 4.75. The van der Waals surface area contributed by atoms with Gasteiger partial charge in [0.2, 0.25) is 0 Å². The molecule has 0 atom stereocenters. The molecule has 0 fully saturated rings. The van der Waals surface area contributed by atoms with Gasteiger partial charge in [-0.25, -0.2) is 4.79 Å². The number of carboxylic acids is 1. The van der Waals surface area contributed by atoms with Crippen molar-refractivity contribution in [1.82, 2.24) is 5.32 Å². The summed E-state index contributed by atoms with van der Waals surface area (Å²) in [5, 5.41) is 10.8. The highest BCUT2D eigenvalue weighted by molar-refractivity contribution is 5.95. The lowest BCUT2D eigenvalue weighted by atomic mass is 10.1. The van der Waals surface area contributed by atoms with E-state index in [2.05, 4.69) is 4.42 Å². The van der Waals surface area contributed by atoms with Gasteiger partial charge in [0.25, 0.3) is 5.91 Å². The lowest BCUT2D eigenvalue weighted by molar-refractivity contribution is -0.143. The molecule has 0 aliphatic heterocycles. The average Bonchev–Trinajstić information content (AvgIpc) is 2.64. The Morgan fingerprint density at radius 2 is 1.89 bits per heavy atom. The number of aliphatic carboxylic acids is 1. The van der Waals surface area contributed by atoms with E-state index in [4.69, 9.17) is 5.11 Å². The minimum absolute atomic E-state index is 0.392. The number of rotatable bonds is 3. The van der Waals surface area contributed by atoms with Crippen LogP contribution < -0.4 is 5.32 Å². The molecule has 0 saturated heterocycles. The fraction of sp³-hybridized carbons (Fsp3) is 0.400. The minimum atomic E-state index is -4.62. The first-order valence-corrected chi connectivity index (χ1v) is 4.75. The van der Waals surface area contributed by atoms with Crippen LogP contribution in [0.3, 0.4) is 0 Å². The Hall–Kier alpha value is -1.99. The molecule has 1 amide bonds. The molecule has 0 aromatic carbocycles. The van der Waals surface area contributed by atoms with Gasteiger partial charge in [-0.1, -0.05) is 0 Å². The molecule has 1 aromatic rings. The van der Waals surface area contributed by atoms with E-state index in [-0.39, 0.29) is 0 Å². The summed E-state index contributed by atoms with van der Waals surface area (Å²) < 4.78 is 41.2. The first kappa shape index (κ1) is 14.1. The van der Waals surface area contributed by atoms with Crippen LogP contribution in [0.25, 0.3) is 0 Å². The lowest BCUT2D eigenvalue weighted by Gasteiger charge is -2.19. The van der Waals surface area contributed by atoms with E-state index >= 15 is 0 Å². The number of carbonyl (C=O) groups excluding carboxylic acids is 1. The van der Waals surface area contributed by atoms with Gasteiger partial charge < -0.3 is 14.8 Å². The average molecular weight is 265 g/mol. The van der Waals surface area contributed by atoms with E-state index in [0.29, 0.717) is 12.3 Å². The zero-order chi connectivity index (χ0) is 14.1. The molecule has 1 aromatic heterocycles. The molecule has 0 saturated carbocycles. The fourth-order valence-electron chi connectivity index (χ4n) is 1.00. The Labute approximate surface area is 99.6 Å². The van der Waals surface area contributed by atoms with Gasteiger partial charge in [0.1, 0.15) is 11.8 Å². The monoisotopic (exact) mass is 265 g/mol. The van der Waals surface area contributed by atoms with Crippen LogP contribution in [0.5, 0.6) is 0 Å². The second-order valence-corrected chi connectivity index (χ2v) is 4.08. The maximum absolute atomic E-state index is 12.2. The Kier molecular flexibility index (Phi) is 3.40. The van der Waals surface area contributed by atoms with E-state index < -0.39 is 34.9 Å². The molecule has 18 heavy (non-hydrogen) atoms. The van der Waals surface area contributed by atoms with Crippen molar-refractivity contribution in [3.05, 3.63) is 23.7 Å². The van der Waals surface area contributed by atoms with Gasteiger partial charge >= 0.3 is 12.1 Å². The summed E-state index contributed by atoms with van der Waals surface area (Å²) in [4.78, 5) is 22.2. The molecule has 0 spiro atoms. The van der Waals surface area contributed by atoms with Gasteiger partial charge in [0, 0.05) is 6.07 Å². The molecular formula is C10H10F3NO4. The predicted molar refractivity (Wildman–Crippen MR) is 52.9 cm³/mol. The Balaban J connectivity index is 2.87. The van der Waals surface area contributed by atoms with Crippen molar-refractivity contribution in [3.63, 3.8) is 0 Å². The summed E-state index contributed by atoms with van der Waals surface area (Å²) in [5.74, 6) is -2.95. The predicted octanol–water partition coefficient (Wildman–Crippen LogP) is 1.89. The van der Waals surface area contributed by atoms with Crippen LogP contribution in [0.4, 0.5) is 13.2 Å². The maximum Gasteiger partial charge on any atom is 0.419 e. The van der Waals surface area contributed by atoms with Crippen LogP contribution >= 0.6 is 0 Å². The van der Waals surface area contributed by atoms with Gasteiger partial charge in [-0.15, -0.1) is 0 Å². The zero-order valence-electron chi connectivity index (χ0n) is 9.46. The highest BCUT2D eigenvalue weighted by Crippen LogP contribution is 2.30. The van der Waals surface area contributed by atoms with Crippen LogP contribution in [0.1, 0.15) is 30.0 Å². The molecule has 2 N–H and O–H groups in total. The Bertz CT molecular complexity index is 476. The van der Waals surface area contributed by atoms with Crippen molar-refractivity contribution in [2.45, 2.75) is 25.6 Å². The van der Waals surface area contributed by atoms with Crippen LogP contribution in [0.2, 0.25) is 0 Å². The quantitative estimate of drug-likeness (QED) is 0.874. The number of amides is 1. The molecule has 0 radical (unpaired) electrons. The summed E-state index contributed by atoms with van der Waals surface area (Å²) in [6.45, 7) is 2.39. The smallest absolute Gasteiger partial charge is 0.419 e. The maximum atomic E-state index is 12.2. The molecule has 1 heterocycles. The zero-order valence-corrected chi connectivity index (χ0v) is 9.46. The summed E-state index contributed by atoms with van der Waals surface area (Å²) in [6, 6.07) is 0.507. The van der Waals surface area contributed by atoms with Gasteiger partial charge in [0.05, 0.1) is 5.56 Å². The highest BCUT2D eigenvalue weighted by atomic mass is 19.4. The van der Waals surface area contributed by atoms with Crippen molar-refractivity contribution in [2.75, 3.05) is 0 Å². The van der Waals surface area contributed by atoms with E-state index in [0.717, 1.165) is 0 Å². The van der Waals surface area contributed by atoms with E-state index in [9.17, 15) is 22.8 Å². The number of halogens is 3. The Morgan fingerprint density at radius 1 is 1.33 bits per heavy atom. The third-order valence-corrected chi connectivity index (χ3v) is 2.11. The second kappa shape index (κ2) is 4.35. The van der Waals surface area contributed by atoms with E-state index in [1.54, 1.807) is 0 Å². The summed E-state index contributed by atoms with van der Waals surface area (Å²) in [7, 11) is 0. The number of furan rings is 1. The lowest BCUT2D eigenvalue weighted by Crippen LogP contribution is -2.49. The molecule has 0 aliphatic carbocycles. The van der Waals surface area contributed by atoms with Crippen molar-refractivity contribution in [3.8, 4) is 0 Å². The van der Waals surface area contributed by atoms with Gasteiger partial charge in [-0.2, -0.15) is 13.2 Å². The summed E-state index contributed by atoms with van der Waals surface area (Å²) in [6.07, 6.45) is -4.23. The third kappa shape index (κ3) is 3.02. The Morgan fingerprint density at radius 3 is 2.28 bits per heavy atom. The highest BCUT2D eigenvalue weighted by Gasteiger charge is 2.35. The van der Waals surface area contributed by atoms with E-state index in [1.807, 2.05) is 5.32 Å². The minimum Gasteiger partial charge on any atom is -0.480 e. The third-order valence-electron chi connectivity index (χ3n) is 2.11. The molecule has 0 aliphatic rings. The van der Waals surface area contributed by atoms with Crippen LogP contribution in [0.15, 0.2) is 16.7 Å². The second-order valence-electron chi connectivity index (χ2n) is 4.08. The van der Waals surface area contributed by atoms with Crippen molar-refractivity contribution >= 4 is 11.9 Å². The van der Waals surface area contributed by atoms with Crippen molar-refractivity contribution in [2.24, 2.45) is 0 Å². The van der Waals surface area contributed by atoms with Gasteiger partial charge in [-0.05, 0) is 13.8 Å². The number of hydrogen-bond donors (Lipinski definition) is 2. The molecule has 8 heteroatoms. The number of nitrogens with one attached hydrogen (secondary N) is 1. The number of carbonyl (C=O) groups is 2. The number of hydrogen-bond acceptors (Lipinski definition) is 3. The number of carboxylic acid groups (broad SMARTS) is 1. The van der Waals surface area contributed by atoms with Crippen molar-refractivity contribution in [1.29, 1.82) is 0 Å². The molecule has 0 unspecified atom stereocenters. The first-order chi connectivity index (χ1) is 8.04. The van der Waals surface area contributed by atoms with Gasteiger partial charge in [0.15, 0.2) is 5.76 Å². The summed E-state index contributed by atoms with van der Waals surface area (Å²) in [5.41, 5.74) is -2.72. The number of alkyl halides is 3. The molecule has 5 nitrogen and oxygen atoms in total. The molecule has 0 bridgehead atoms. The topological polar surface area (TPSA) is 79.5 Å². The van der Waals surface area contributed by atoms with Crippen LogP contribution in [-0.2, 0) is 11.0 Å². The standard InChI is InChI=1S/C10H10F3NO4/c1-9(2,8(16)17)14-7(15)6-3-5(4-18-6)10(11,12)13/h3-4H,1-2H3,(H,14,15)(H,16,17). The van der Waals surface area contributed by atoms with Crippen LogP contribution in [0, 0.1) is 0 Å². The largest absolute Gasteiger partial charge is 0.480 e. The van der Waals surface area contributed by atoms with Crippen molar-refractivity contribution < 1.29 is 32.3 Å². The molecule has 1 rings (SSSR count). The SMILES string of the molecule is CC(C)(NC(=O)c1cc(C(F)(F)F)co1)C(=O)O. The molecular weight excluding hydrogens is 255 g/mol. The fourth-order valence-corrected chi connectivity index (χ4v) is 1.00. The van der Waals surface area contributed by atoms with E-state index in [1.165, 1.54) is 13.8 Å². The summed E-state index contributed by atoms with van der Waals surface area (Å²) >= 11 is 0. The molecule has 100 valence electrons. The normalized spacial score (nSPS) is 12.3. The van der Waals surface area contributed by atoms with Crippen LogP contribution in [-0.4, -0.2) is 22.5 Å². The van der Waals surface area contributed by atoms with Gasteiger partial charge in [-0.3, -0.25) is 4.79 Å².